The van der Waals surface area contributed by atoms with Crippen molar-refractivity contribution in [3.05, 3.63) is 63.9 Å². The summed E-state index contributed by atoms with van der Waals surface area (Å²) in [6.45, 7) is 1.45. The number of nitrogens with one attached hydrogen (secondary N) is 1. The van der Waals surface area contributed by atoms with E-state index in [0.29, 0.717) is 23.8 Å². The third-order valence-corrected chi connectivity index (χ3v) is 4.98. The van der Waals surface area contributed by atoms with Crippen LogP contribution in [-0.2, 0) is 0 Å². The quantitative estimate of drug-likeness (QED) is 0.145. The first-order valence-electron chi connectivity index (χ1n) is 10.4. The summed E-state index contributed by atoms with van der Waals surface area (Å²) in [5.74, 6) is -12.5. The van der Waals surface area contributed by atoms with Gasteiger partial charge in [0.2, 0.25) is 11.6 Å². The van der Waals surface area contributed by atoms with Crippen molar-refractivity contribution in [2.75, 3.05) is 5.32 Å². The number of alkyl halides is 6. The van der Waals surface area contributed by atoms with Crippen molar-refractivity contribution in [3.8, 4) is 28.7 Å². The van der Waals surface area contributed by atoms with Crippen LogP contribution in [0, 0.1) is 18.6 Å². The highest BCUT2D eigenvalue weighted by Gasteiger charge is 2.37. The molecule has 3 rings (SSSR count). The minimum atomic E-state index is -5.46. The van der Waals surface area contributed by atoms with Crippen LogP contribution in [0.4, 0.5) is 40.8 Å². The van der Waals surface area contributed by atoms with E-state index in [1.807, 2.05) is 0 Å². The minimum Gasteiger partial charge on any atom is -0.452 e. The Kier molecular flexibility index (Phi) is 8.87. The average Bonchev–Trinajstić information content (AvgIpc) is 2.80. The van der Waals surface area contributed by atoms with E-state index in [1.165, 1.54) is 19.2 Å². The molecule has 19 heteroatoms. The second kappa shape index (κ2) is 11.5. The lowest BCUT2D eigenvalue weighted by atomic mass is 10.1. The maximum absolute atomic E-state index is 15.2. The van der Waals surface area contributed by atoms with Crippen LogP contribution < -0.4 is 24.3 Å². The van der Waals surface area contributed by atoms with Gasteiger partial charge in [0.05, 0.1) is 0 Å². The van der Waals surface area contributed by atoms with Crippen molar-refractivity contribution >= 4 is 27.5 Å². The maximum atomic E-state index is 15.2. The highest BCUT2D eigenvalue weighted by molar-refractivity contribution is 9.10. The van der Waals surface area contributed by atoms with Gasteiger partial charge in [-0.1, -0.05) is 0 Å². The number of aliphatic hydroxyl groups is 3. The standard InChI is InChI=1S/C22H13BrF8N2O8/c1-8-7-32-14(23)6-9(8)33-19(34)15-10(2-3-11(16(15)24)39-20(26,27)28)38-13-5-4-12(40-21(29,30)31)17(25)18(13)41-22(35,36)37/h2-7,35-37H,1H3,(H,32,33,34). The topological polar surface area (TPSA) is 140 Å². The van der Waals surface area contributed by atoms with Gasteiger partial charge in [-0.15, -0.1) is 26.3 Å². The summed E-state index contributed by atoms with van der Waals surface area (Å²) < 4.78 is 123. The molecule has 3 aromatic rings. The van der Waals surface area contributed by atoms with Gasteiger partial charge in [-0.3, -0.25) is 4.79 Å². The summed E-state index contributed by atoms with van der Waals surface area (Å²) in [6, 6.07) is 2.84. The molecule has 222 valence electrons. The molecule has 1 heterocycles. The van der Waals surface area contributed by atoms with Gasteiger partial charge >= 0.3 is 18.9 Å². The Balaban J connectivity index is 2.16. The predicted octanol–water partition coefficient (Wildman–Crippen LogP) is 5.24. The summed E-state index contributed by atoms with van der Waals surface area (Å²) in [6.07, 6.45) is -13.8. The van der Waals surface area contributed by atoms with Crippen molar-refractivity contribution in [1.29, 1.82) is 0 Å². The van der Waals surface area contributed by atoms with E-state index in [-0.39, 0.29) is 16.4 Å². The van der Waals surface area contributed by atoms with Gasteiger partial charge in [-0.05, 0) is 58.7 Å². The molecule has 0 bridgehead atoms. The van der Waals surface area contributed by atoms with Crippen molar-refractivity contribution in [3.63, 3.8) is 0 Å². The fourth-order valence-corrected chi connectivity index (χ4v) is 3.34. The maximum Gasteiger partial charge on any atom is 0.573 e. The first-order chi connectivity index (χ1) is 18.7. The molecule has 0 radical (unpaired) electrons. The van der Waals surface area contributed by atoms with E-state index in [1.54, 1.807) is 0 Å². The Hall–Kier alpha value is -3.94. The van der Waals surface area contributed by atoms with Crippen LogP contribution in [0.15, 0.2) is 41.1 Å². The summed E-state index contributed by atoms with van der Waals surface area (Å²) in [7, 11) is 0. The van der Waals surface area contributed by atoms with Gasteiger partial charge in [0.15, 0.2) is 23.1 Å². The molecule has 1 amide bonds. The number of aromatic nitrogens is 1. The molecule has 0 aliphatic carbocycles. The number of carbonyl (C=O) groups excluding carboxylic acids is 1. The highest BCUT2D eigenvalue weighted by atomic mass is 79.9. The number of amides is 1. The van der Waals surface area contributed by atoms with E-state index < -0.39 is 70.7 Å². The minimum absolute atomic E-state index is 0.0151. The van der Waals surface area contributed by atoms with Gasteiger partial charge in [-0.2, -0.15) is 4.39 Å². The molecular formula is C22H13BrF8N2O8. The number of hydrogen-bond donors (Lipinski definition) is 4. The second-order valence-corrected chi connectivity index (χ2v) is 8.42. The fraction of sp³-hybridized carbons (Fsp3) is 0.182. The zero-order valence-electron chi connectivity index (χ0n) is 19.7. The first kappa shape index (κ1) is 31.6. The number of benzene rings is 2. The van der Waals surface area contributed by atoms with Crippen molar-refractivity contribution in [2.45, 2.75) is 25.8 Å². The van der Waals surface area contributed by atoms with Gasteiger partial charge in [0.1, 0.15) is 15.9 Å². The van der Waals surface area contributed by atoms with Gasteiger partial charge in [-0.25, -0.2) is 9.37 Å². The summed E-state index contributed by atoms with van der Waals surface area (Å²) in [4.78, 5) is 16.9. The van der Waals surface area contributed by atoms with E-state index >= 15 is 4.39 Å². The average molecular weight is 665 g/mol. The van der Waals surface area contributed by atoms with Crippen molar-refractivity contribution < 1.29 is 74.2 Å². The molecular weight excluding hydrogens is 652 g/mol. The number of pyridine rings is 1. The van der Waals surface area contributed by atoms with E-state index in [9.17, 15) is 35.5 Å². The SMILES string of the molecule is Cc1cnc(Br)cc1NC(=O)c1c(Oc2ccc(OC(F)(F)F)c(F)c2OC(O)(O)O)ccc(OC(F)(F)F)c1F. The summed E-state index contributed by atoms with van der Waals surface area (Å²) in [5.41, 5.74) is -1.02. The number of rotatable bonds is 8. The van der Waals surface area contributed by atoms with E-state index in [4.69, 9.17) is 20.1 Å². The molecule has 0 aliphatic heterocycles. The molecule has 0 unspecified atom stereocenters. The van der Waals surface area contributed by atoms with E-state index in [0.717, 1.165) is 0 Å². The molecule has 0 saturated carbocycles. The third kappa shape index (κ3) is 8.52. The molecule has 0 atom stereocenters. The lowest BCUT2D eigenvalue weighted by Gasteiger charge is -2.21. The molecule has 1 aromatic heterocycles. The molecule has 0 aliphatic rings. The number of aryl methyl sites for hydroxylation is 1. The lowest BCUT2D eigenvalue weighted by Crippen LogP contribution is -2.35. The van der Waals surface area contributed by atoms with Crippen LogP contribution in [-0.4, -0.2) is 45.1 Å². The van der Waals surface area contributed by atoms with Crippen molar-refractivity contribution in [2.24, 2.45) is 0 Å². The summed E-state index contributed by atoms with van der Waals surface area (Å²) in [5, 5.41) is 29.5. The van der Waals surface area contributed by atoms with Gasteiger partial charge in [0.25, 0.3) is 5.91 Å². The number of halogens is 9. The Labute approximate surface area is 230 Å². The highest BCUT2D eigenvalue weighted by Crippen LogP contribution is 2.43. The first-order valence-corrected chi connectivity index (χ1v) is 11.2. The van der Waals surface area contributed by atoms with E-state index in [2.05, 4.69) is 40.4 Å². The van der Waals surface area contributed by atoms with Crippen LogP contribution in [0.1, 0.15) is 15.9 Å². The Bertz CT molecular complexity index is 1460. The van der Waals surface area contributed by atoms with Crippen LogP contribution >= 0.6 is 15.9 Å². The van der Waals surface area contributed by atoms with Crippen LogP contribution in [0.3, 0.4) is 0 Å². The monoisotopic (exact) mass is 664 g/mol. The predicted molar refractivity (Wildman–Crippen MR) is 121 cm³/mol. The molecule has 2 aromatic carbocycles. The lowest BCUT2D eigenvalue weighted by molar-refractivity contribution is -0.420. The van der Waals surface area contributed by atoms with Gasteiger partial charge < -0.3 is 39.6 Å². The largest absolute Gasteiger partial charge is 0.573 e. The molecule has 4 N–H and O–H groups in total. The van der Waals surface area contributed by atoms with Gasteiger partial charge in [0, 0.05) is 11.9 Å². The molecule has 0 spiro atoms. The van der Waals surface area contributed by atoms with Crippen LogP contribution in [0.2, 0.25) is 0 Å². The molecule has 0 saturated heterocycles. The molecule has 0 fully saturated rings. The fourth-order valence-electron chi connectivity index (χ4n) is 3.01. The van der Waals surface area contributed by atoms with Crippen molar-refractivity contribution in [1.82, 2.24) is 4.98 Å². The summed E-state index contributed by atoms with van der Waals surface area (Å²) >= 11 is 3.03. The number of anilines is 1. The third-order valence-electron chi connectivity index (χ3n) is 4.55. The number of nitrogens with zero attached hydrogens (tertiary/aromatic N) is 1. The number of ether oxygens (including phenoxy) is 4. The Morgan fingerprint density at radius 1 is 0.854 bits per heavy atom. The molecule has 41 heavy (non-hydrogen) atoms. The smallest absolute Gasteiger partial charge is 0.452 e. The molecule has 10 nitrogen and oxygen atoms in total. The normalized spacial score (nSPS) is 12.1. The zero-order valence-corrected chi connectivity index (χ0v) is 21.3. The van der Waals surface area contributed by atoms with Crippen LogP contribution in [0.25, 0.3) is 0 Å². The van der Waals surface area contributed by atoms with Crippen LogP contribution in [0.5, 0.6) is 28.7 Å². The Morgan fingerprint density at radius 3 is 1.90 bits per heavy atom. The number of hydrogen-bond acceptors (Lipinski definition) is 9. The zero-order chi connectivity index (χ0) is 30.9. The number of carbonyl (C=O) groups is 1. The Morgan fingerprint density at radius 2 is 1.37 bits per heavy atom. The second-order valence-electron chi connectivity index (χ2n) is 7.61.